The second kappa shape index (κ2) is 55.9. The molecular formula is C62H104O6. The number of esters is 3. The van der Waals surface area contributed by atoms with Crippen molar-refractivity contribution in [3.63, 3.8) is 0 Å². The lowest BCUT2D eigenvalue weighted by molar-refractivity contribution is -0.167. The van der Waals surface area contributed by atoms with Crippen molar-refractivity contribution < 1.29 is 28.6 Å². The van der Waals surface area contributed by atoms with Crippen LogP contribution in [-0.4, -0.2) is 37.2 Å². The number of carbonyl (C=O) groups excluding carboxylic acids is 3. The first kappa shape index (κ1) is 64.3. The molecule has 0 fully saturated rings. The van der Waals surface area contributed by atoms with Gasteiger partial charge in [-0.05, 0) is 122 Å². The SMILES string of the molecule is CC/C=C\C/C=C\C/C=C\C/C=C\CCCCC(=O)OC(COC(=O)CCCCCCC/C=C\CCCCCCC)COC(=O)CCCCCCCC/C=C\C/C=C\C/C=C\CCCCCCC. The second-order valence-electron chi connectivity index (χ2n) is 18.5. The Morgan fingerprint density at radius 1 is 0.309 bits per heavy atom. The summed E-state index contributed by atoms with van der Waals surface area (Å²) in [4.78, 5) is 38.1. The van der Waals surface area contributed by atoms with E-state index in [2.05, 4.69) is 118 Å². The quantitative estimate of drug-likeness (QED) is 0.0262. The Labute approximate surface area is 419 Å². The Kier molecular flexibility index (Phi) is 52.9. The van der Waals surface area contributed by atoms with Gasteiger partial charge in [-0.25, -0.2) is 0 Å². The van der Waals surface area contributed by atoms with E-state index < -0.39 is 6.10 Å². The predicted octanol–water partition coefficient (Wildman–Crippen LogP) is 18.9. The average Bonchev–Trinajstić information content (AvgIpc) is 3.34. The minimum atomic E-state index is -0.809. The van der Waals surface area contributed by atoms with Crippen LogP contribution in [0, 0.1) is 0 Å². The zero-order chi connectivity index (χ0) is 49.3. The van der Waals surface area contributed by atoms with E-state index in [9.17, 15) is 14.4 Å². The molecule has 68 heavy (non-hydrogen) atoms. The monoisotopic (exact) mass is 945 g/mol. The van der Waals surface area contributed by atoms with Crippen LogP contribution < -0.4 is 0 Å². The van der Waals surface area contributed by atoms with Crippen LogP contribution in [0.1, 0.15) is 258 Å². The molecule has 0 N–H and O–H groups in total. The first-order chi connectivity index (χ1) is 33.5. The number of carbonyl (C=O) groups is 3. The van der Waals surface area contributed by atoms with Crippen molar-refractivity contribution in [1.82, 2.24) is 0 Å². The fourth-order valence-electron chi connectivity index (χ4n) is 7.55. The molecule has 0 rings (SSSR count). The largest absolute Gasteiger partial charge is 0.462 e. The Balaban J connectivity index is 4.46. The topological polar surface area (TPSA) is 78.9 Å². The molecule has 0 aromatic heterocycles. The highest BCUT2D eigenvalue weighted by atomic mass is 16.6. The Morgan fingerprint density at radius 3 is 0.941 bits per heavy atom. The van der Waals surface area contributed by atoms with Gasteiger partial charge in [-0.15, -0.1) is 0 Å². The summed E-state index contributed by atoms with van der Waals surface area (Å²) in [6.45, 7) is 6.45. The maximum Gasteiger partial charge on any atom is 0.306 e. The highest BCUT2D eigenvalue weighted by Gasteiger charge is 2.19. The van der Waals surface area contributed by atoms with Gasteiger partial charge in [0.1, 0.15) is 13.2 Å². The van der Waals surface area contributed by atoms with E-state index in [1.165, 1.54) is 96.3 Å². The Bertz CT molecular complexity index is 1360. The third kappa shape index (κ3) is 53.3. The van der Waals surface area contributed by atoms with E-state index in [-0.39, 0.29) is 37.5 Å². The van der Waals surface area contributed by atoms with Gasteiger partial charge in [0, 0.05) is 19.3 Å². The summed E-state index contributed by atoms with van der Waals surface area (Å²) >= 11 is 0. The standard InChI is InChI=1S/C62H104O6/c1-4-7-10-13-16-19-22-25-28-29-30-31-32-33-35-37-40-43-46-49-52-55-61(64)67-58-59(57-66-60(63)54-51-48-45-42-39-36-27-24-21-18-15-12-9-6-3)68-62(65)56-53-50-47-44-41-38-34-26-23-20-17-14-11-8-5-2/h8,11,17,20,22,24-27,29-30,32-34,41,44,59H,4-7,9-10,12-16,18-19,21,23,28,31,35-40,42-43,45-58H2,1-3H3/b11-8-,20-17-,25-22-,27-24-,30-29-,33-32-,34-26-,44-41-. The Hall–Kier alpha value is -3.67. The van der Waals surface area contributed by atoms with E-state index in [4.69, 9.17) is 14.2 Å². The Morgan fingerprint density at radius 2 is 0.574 bits per heavy atom. The molecule has 0 aliphatic rings. The fraction of sp³-hybridized carbons (Fsp3) is 0.694. The number of unbranched alkanes of at least 4 members (excludes halogenated alkanes) is 23. The molecule has 0 spiro atoms. The van der Waals surface area contributed by atoms with Crippen molar-refractivity contribution in [2.45, 2.75) is 264 Å². The van der Waals surface area contributed by atoms with E-state index in [0.717, 1.165) is 116 Å². The lowest BCUT2D eigenvalue weighted by Crippen LogP contribution is -2.30. The van der Waals surface area contributed by atoms with E-state index in [1.54, 1.807) is 0 Å². The fourth-order valence-corrected chi connectivity index (χ4v) is 7.55. The van der Waals surface area contributed by atoms with E-state index in [1.807, 2.05) is 0 Å². The summed E-state index contributed by atoms with van der Waals surface area (Å²) in [7, 11) is 0. The summed E-state index contributed by atoms with van der Waals surface area (Å²) < 4.78 is 16.8. The maximum absolute atomic E-state index is 12.8. The third-order valence-corrected chi connectivity index (χ3v) is 11.8. The highest BCUT2D eigenvalue weighted by Crippen LogP contribution is 2.13. The number of allylic oxidation sites excluding steroid dienone is 16. The molecule has 1 atom stereocenters. The number of hydrogen-bond acceptors (Lipinski definition) is 6. The molecule has 0 saturated carbocycles. The van der Waals surface area contributed by atoms with E-state index >= 15 is 0 Å². The van der Waals surface area contributed by atoms with Crippen molar-refractivity contribution in [3.8, 4) is 0 Å². The summed E-state index contributed by atoms with van der Waals surface area (Å²) in [6.07, 6.45) is 74.0. The van der Waals surface area contributed by atoms with Gasteiger partial charge in [0.05, 0.1) is 0 Å². The molecule has 0 aliphatic carbocycles. The maximum atomic E-state index is 12.8. The first-order valence-corrected chi connectivity index (χ1v) is 28.2. The van der Waals surface area contributed by atoms with Gasteiger partial charge in [0.25, 0.3) is 0 Å². The molecule has 0 heterocycles. The molecule has 6 heteroatoms. The molecule has 0 bridgehead atoms. The van der Waals surface area contributed by atoms with E-state index in [0.29, 0.717) is 19.3 Å². The van der Waals surface area contributed by atoms with Crippen LogP contribution in [0.4, 0.5) is 0 Å². The van der Waals surface area contributed by atoms with Gasteiger partial charge >= 0.3 is 17.9 Å². The normalized spacial score (nSPS) is 12.8. The van der Waals surface area contributed by atoms with Gasteiger partial charge in [-0.1, -0.05) is 214 Å². The lowest BCUT2D eigenvalue weighted by Gasteiger charge is -2.18. The zero-order valence-electron chi connectivity index (χ0n) is 44.3. The van der Waals surface area contributed by atoms with Crippen molar-refractivity contribution in [2.24, 2.45) is 0 Å². The predicted molar refractivity (Wildman–Crippen MR) is 293 cm³/mol. The molecule has 388 valence electrons. The lowest BCUT2D eigenvalue weighted by atomic mass is 10.1. The molecule has 0 aromatic carbocycles. The summed E-state index contributed by atoms with van der Waals surface area (Å²) in [6, 6.07) is 0. The van der Waals surface area contributed by atoms with Crippen molar-refractivity contribution in [3.05, 3.63) is 97.2 Å². The first-order valence-electron chi connectivity index (χ1n) is 28.2. The molecular weight excluding hydrogens is 841 g/mol. The zero-order valence-corrected chi connectivity index (χ0v) is 44.3. The molecule has 0 amide bonds. The van der Waals surface area contributed by atoms with Crippen molar-refractivity contribution >= 4 is 17.9 Å². The van der Waals surface area contributed by atoms with Crippen molar-refractivity contribution in [1.29, 1.82) is 0 Å². The number of ether oxygens (including phenoxy) is 3. The molecule has 1 unspecified atom stereocenters. The molecule has 0 aliphatic heterocycles. The van der Waals surface area contributed by atoms with Gasteiger partial charge in [0.15, 0.2) is 6.10 Å². The van der Waals surface area contributed by atoms with Crippen LogP contribution in [0.2, 0.25) is 0 Å². The van der Waals surface area contributed by atoms with Crippen LogP contribution in [0.5, 0.6) is 0 Å². The number of hydrogen-bond donors (Lipinski definition) is 0. The molecule has 0 saturated heterocycles. The molecule has 6 nitrogen and oxygen atoms in total. The van der Waals surface area contributed by atoms with Gasteiger partial charge in [-0.2, -0.15) is 0 Å². The van der Waals surface area contributed by atoms with Crippen molar-refractivity contribution in [2.75, 3.05) is 13.2 Å². The van der Waals surface area contributed by atoms with Crippen LogP contribution in [-0.2, 0) is 28.6 Å². The summed E-state index contributed by atoms with van der Waals surface area (Å²) in [5.41, 5.74) is 0. The van der Waals surface area contributed by atoms with Crippen LogP contribution in [0.25, 0.3) is 0 Å². The molecule has 0 aromatic rings. The van der Waals surface area contributed by atoms with Gasteiger partial charge in [-0.3, -0.25) is 14.4 Å². The smallest absolute Gasteiger partial charge is 0.306 e. The summed E-state index contributed by atoms with van der Waals surface area (Å²) in [5.74, 6) is -0.965. The minimum Gasteiger partial charge on any atom is -0.462 e. The third-order valence-electron chi connectivity index (χ3n) is 11.8. The van der Waals surface area contributed by atoms with Crippen LogP contribution in [0.3, 0.4) is 0 Å². The van der Waals surface area contributed by atoms with Gasteiger partial charge < -0.3 is 14.2 Å². The van der Waals surface area contributed by atoms with Gasteiger partial charge in [0.2, 0.25) is 0 Å². The second-order valence-corrected chi connectivity index (χ2v) is 18.5. The highest BCUT2D eigenvalue weighted by molar-refractivity contribution is 5.71. The van der Waals surface area contributed by atoms with Crippen LogP contribution in [0.15, 0.2) is 97.2 Å². The summed E-state index contributed by atoms with van der Waals surface area (Å²) in [5, 5.41) is 0. The minimum absolute atomic E-state index is 0.104. The van der Waals surface area contributed by atoms with Crippen LogP contribution >= 0.6 is 0 Å². The molecule has 0 radical (unpaired) electrons. The average molecular weight is 946 g/mol. The number of rotatable bonds is 50.